The van der Waals surface area contributed by atoms with Gasteiger partial charge in [-0.25, -0.2) is 0 Å². The van der Waals surface area contributed by atoms with E-state index in [0.29, 0.717) is 11.0 Å². The van der Waals surface area contributed by atoms with Crippen molar-refractivity contribution in [3.8, 4) is 11.4 Å². The molecule has 12 heteroatoms. The van der Waals surface area contributed by atoms with Gasteiger partial charge in [0, 0.05) is 29.7 Å². The average molecular weight is 464 g/mol. The molecule has 0 spiro atoms. The van der Waals surface area contributed by atoms with Gasteiger partial charge in [-0.2, -0.15) is 23.3 Å². The lowest BCUT2D eigenvalue weighted by molar-refractivity contribution is -0.301. The zero-order chi connectivity index (χ0) is 19.8. The van der Waals surface area contributed by atoms with Crippen molar-refractivity contribution in [2.45, 2.75) is 23.5 Å². The molecule has 1 aromatic heterocycles. The fourth-order valence-electron chi connectivity index (χ4n) is 2.42. The third-order valence-corrected chi connectivity index (χ3v) is 5.41. The summed E-state index contributed by atoms with van der Waals surface area (Å²) in [5.74, 6) is -0.826. The quantitative estimate of drug-likeness (QED) is 0.704. The highest BCUT2D eigenvalue weighted by atomic mass is 79.9. The van der Waals surface area contributed by atoms with Crippen molar-refractivity contribution in [1.82, 2.24) is 19.8 Å². The van der Waals surface area contributed by atoms with Crippen LogP contribution in [0.4, 0.5) is 13.2 Å². The topological polar surface area (TPSA) is 83.6 Å². The van der Waals surface area contributed by atoms with Gasteiger partial charge in [-0.05, 0) is 12.1 Å². The van der Waals surface area contributed by atoms with Gasteiger partial charge < -0.3 is 9.67 Å². The summed E-state index contributed by atoms with van der Waals surface area (Å²) in [6.45, 7) is 0. The fraction of sp³-hybridized carbons (Fsp3) is 0.333. The van der Waals surface area contributed by atoms with E-state index in [4.69, 9.17) is 0 Å². The van der Waals surface area contributed by atoms with Crippen LogP contribution in [-0.2, 0) is 11.8 Å². The molecule has 1 N–H and O–H groups in total. The number of rotatable bonds is 4. The third-order valence-electron chi connectivity index (χ3n) is 3.88. The molecule has 1 aliphatic rings. The largest absolute Gasteiger partial charge is 0.438 e. The number of benzene rings is 1. The Bertz CT molecular complexity index is 887. The number of halogens is 4. The maximum atomic E-state index is 13.0. The van der Waals surface area contributed by atoms with E-state index in [0.717, 1.165) is 28.0 Å². The van der Waals surface area contributed by atoms with Crippen LogP contribution in [0.25, 0.3) is 11.4 Å². The zero-order valence-electron chi connectivity index (χ0n) is 13.8. The second-order valence-corrected chi connectivity index (χ2v) is 7.54. The first kappa shape index (κ1) is 19.8. The summed E-state index contributed by atoms with van der Waals surface area (Å²) in [5, 5.41) is 21.6. The number of nitrogens with zero attached hydrogens (tertiary/aromatic N) is 5. The minimum Gasteiger partial charge on any atom is -0.362 e. The molecule has 0 saturated carbocycles. The number of amides is 1. The van der Waals surface area contributed by atoms with Crippen LogP contribution in [-0.4, -0.2) is 54.7 Å². The van der Waals surface area contributed by atoms with E-state index in [2.05, 4.69) is 31.2 Å². The van der Waals surface area contributed by atoms with Crippen LogP contribution in [0.5, 0.6) is 0 Å². The number of alkyl halides is 3. The number of hydrazone groups is 1. The predicted molar refractivity (Wildman–Crippen MR) is 95.8 cm³/mol. The van der Waals surface area contributed by atoms with Crippen LogP contribution < -0.4 is 0 Å². The van der Waals surface area contributed by atoms with Crippen LogP contribution in [0.3, 0.4) is 0 Å². The van der Waals surface area contributed by atoms with Gasteiger partial charge in [0.1, 0.15) is 0 Å². The summed E-state index contributed by atoms with van der Waals surface area (Å²) in [6, 6.07) is 7.33. The SMILES string of the molecule is Cn1c(SCC(=O)N2N=CC[C@@]2(O)C(F)(F)F)nnc1-c1ccc(Br)cc1. The van der Waals surface area contributed by atoms with Crippen LogP contribution in [0.1, 0.15) is 6.42 Å². The molecule has 1 aliphatic heterocycles. The van der Waals surface area contributed by atoms with Crippen molar-refractivity contribution in [2.75, 3.05) is 5.75 Å². The molecule has 27 heavy (non-hydrogen) atoms. The summed E-state index contributed by atoms with van der Waals surface area (Å²) >= 11 is 4.25. The predicted octanol–water partition coefficient (Wildman–Crippen LogP) is 2.81. The molecular weight excluding hydrogens is 451 g/mol. The molecule has 2 heterocycles. The smallest absolute Gasteiger partial charge is 0.362 e. The minimum atomic E-state index is -5.01. The Morgan fingerprint density at radius 3 is 2.63 bits per heavy atom. The number of aliphatic hydroxyl groups is 1. The molecule has 7 nitrogen and oxygen atoms in total. The van der Waals surface area contributed by atoms with Crippen molar-refractivity contribution in [3.63, 3.8) is 0 Å². The summed E-state index contributed by atoms with van der Waals surface area (Å²) < 4.78 is 41.7. The summed E-state index contributed by atoms with van der Waals surface area (Å²) in [5.41, 5.74) is -2.52. The first-order chi connectivity index (χ1) is 12.6. The molecule has 0 fully saturated rings. The van der Waals surface area contributed by atoms with Gasteiger partial charge >= 0.3 is 6.18 Å². The van der Waals surface area contributed by atoms with Gasteiger partial charge in [-0.15, -0.1) is 10.2 Å². The highest BCUT2D eigenvalue weighted by Crippen LogP contribution is 2.39. The molecule has 1 aromatic carbocycles. The molecule has 2 aromatic rings. The van der Waals surface area contributed by atoms with E-state index in [1.165, 1.54) is 0 Å². The van der Waals surface area contributed by atoms with E-state index in [-0.39, 0.29) is 10.8 Å². The summed E-state index contributed by atoms with van der Waals surface area (Å²) in [6.07, 6.45) is -4.95. The molecule has 1 amide bonds. The molecular formula is C15H13BrF3N5O2S. The number of hydrogen-bond acceptors (Lipinski definition) is 6. The van der Waals surface area contributed by atoms with Crippen molar-refractivity contribution < 1.29 is 23.1 Å². The Morgan fingerprint density at radius 2 is 2.00 bits per heavy atom. The highest BCUT2D eigenvalue weighted by Gasteiger charge is 2.61. The van der Waals surface area contributed by atoms with E-state index in [9.17, 15) is 23.1 Å². The van der Waals surface area contributed by atoms with Crippen molar-refractivity contribution in [2.24, 2.45) is 12.1 Å². The zero-order valence-corrected chi connectivity index (χ0v) is 16.2. The average Bonchev–Trinajstić information content (AvgIpc) is 3.17. The Balaban J connectivity index is 1.71. The first-order valence-corrected chi connectivity index (χ1v) is 9.34. The second-order valence-electron chi connectivity index (χ2n) is 5.68. The van der Waals surface area contributed by atoms with Crippen molar-refractivity contribution >= 4 is 39.8 Å². The maximum absolute atomic E-state index is 13.0. The summed E-state index contributed by atoms with van der Waals surface area (Å²) in [4.78, 5) is 12.2. The Kier molecular flexibility index (Phi) is 5.32. The molecule has 0 unspecified atom stereocenters. The van der Waals surface area contributed by atoms with E-state index < -0.39 is 24.2 Å². The highest BCUT2D eigenvalue weighted by molar-refractivity contribution is 9.10. The molecule has 144 valence electrons. The Hall–Kier alpha value is -1.92. The van der Waals surface area contributed by atoms with E-state index >= 15 is 0 Å². The fourth-order valence-corrected chi connectivity index (χ4v) is 3.43. The molecule has 1 atom stereocenters. The van der Waals surface area contributed by atoms with E-state index in [1.807, 2.05) is 24.3 Å². The number of carbonyl (C=O) groups is 1. The van der Waals surface area contributed by atoms with Gasteiger partial charge in [0.2, 0.25) is 0 Å². The molecule has 0 bridgehead atoms. The molecule has 0 aliphatic carbocycles. The van der Waals surface area contributed by atoms with Crippen molar-refractivity contribution in [1.29, 1.82) is 0 Å². The number of hydrogen-bond donors (Lipinski definition) is 1. The van der Waals surface area contributed by atoms with Crippen molar-refractivity contribution in [3.05, 3.63) is 28.7 Å². The molecule has 0 radical (unpaired) electrons. The molecule has 3 rings (SSSR count). The first-order valence-electron chi connectivity index (χ1n) is 7.56. The van der Waals surface area contributed by atoms with E-state index in [1.54, 1.807) is 11.6 Å². The summed E-state index contributed by atoms with van der Waals surface area (Å²) in [7, 11) is 1.68. The third kappa shape index (κ3) is 3.73. The molecule has 0 saturated heterocycles. The van der Waals surface area contributed by atoms with Crippen LogP contribution in [0, 0.1) is 0 Å². The lowest BCUT2D eigenvalue weighted by atomic mass is 10.1. The Labute approximate surface area is 164 Å². The maximum Gasteiger partial charge on any atom is 0.438 e. The van der Waals surface area contributed by atoms with Crippen LogP contribution in [0.15, 0.2) is 39.0 Å². The van der Waals surface area contributed by atoms with Gasteiger partial charge in [0.05, 0.1) is 5.75 Å². The van der Waals surface area contributed by atoms with Gasteiger partial charge in [-0.3, -0.25) is 4.79 Å². The van der Waals surface area contributed by atoms with Crippen LogP contribution in [0.2, 0.25) is 0 Å². The number of carbonyl (C=O) groups excluding carboxylic acids is 1. The lowest BCUT2D eigenvalue weighted by Crippen LogP contribution is -2.56. The minimum absolute atomic E-state index is 0.0754. The second kappa shape index (κ2) is 7.24. The lowest BCUT2D eigenvalue weighted by Gasteiger charge is -2.32. The normalized spacial score (nSPS) is 19.7. The van der Waals surface area contributed by atoms with Gasteiger partial charge in [0.15, 0.2) is 11.0 Å². The Morgan fingerprint density at radius 1 is 1.33 bits per heavy atom. The number of thioether (sulfide) groups is 1. The van der Waals surface area contributed by atoms with Gasteiger partial charge in [0.25, 0.3) is 11.6 Å². The van der Waals surface area contributed by atoms with Crippen LogP contribution >= 0.6 is 27.7 Å². The number of aromatic nitrogens is 3. The van der Waals surface area contributed by atoms with Gasteiger partial charge in [-0.1, -0.05) is 39.8 Å². The monoisotopic (exact) mass is 463 g/mol. The standard InChI is InChI=1S/C15H13BrF3N5O2S/c1-23-12(9-2-4-10(16)5-3-9)21-22-13(23)27-8-11(25)24-14(26,6-7-20-24)15(17,18)19/h2-5,7,26H,6,8H2,1H3/t14-/m1/s1.